The third-order valence-electron chi connectivity index (χ3n) is 4.46. The lowest BCUT2D eigenvalue weighted by Crippen LogP contribution is -2.42. The summed E-state index contributed by atoms with van der Waals surface area (Å²) in [6, 6.07) is 0. The van der Waals surface area contributed by atoms with Gasteiger partial charge in [0.1, 0.15) is 0 Å². The van der Waals surface area contributed by atoms with Crippen molar-refractivity contribution in [2.45, 2.75) is 39.0 Å². The van der Waals surface area contributed by atoms with E-state index in [1.165, 1.54) is 6.42 Å². The number of amides is 1. The monoisotopic (exact) mass is 373 g/mol. The van der Waals surface area contributed by atoms with Crippen molar-refractivity contribution >= 4 is 21.9 Å². The minimum atomic E-state index is -3.27. The van der Waals surface area contributed by atoms with E-state index in [-0.39, 0.29) is 24.1 Å². The maximum Gasteiger partial charge on any atom is 0.223 e. The average molecular weight is 374 g/mol. The third kappa shape index (κ3) is 8.04. The fourth-order valence-electron chi connectivity index (χ4n) is 2.49. The fourth-order valence-corrected chi connectivity index (χ4v) is 3.46. The van der Waals surface area contributed by atoms with Gasteiger partial charge in [-0.15, -0.1) is 0 Å². The summed E-state index contributed by atoms with van der Waals surface area (Å²) in [6.45, 7) is 4.46. The highest BCUT2D eigenvalue weighted by Gasteiger charge is 2.28. The van der Waals surface area contributed by atoms with Gasteiger partial charge in [-0.2, -0.15) is 0 Å². The molecule has 0 aromatic rings. The van der Waals surface area contributed by atoms with Crippen LogP contribution in [0, 0.1) is 11.8 Å². The lowest BCUT2D eigenvalue weighted by molar-refractivity contribution is -0.122. The first-order valence-corrected chi connectivity index (χ1v) is 10.9. The molecule has 0 bridgehead atoms. The normalized spacial score (nSPS) is 18.5. The number of nitrogens with one attached hydrogen (secondary N) is 4. The number of nitrogens with zero attached hydrogens (tertiary/aromatic N) is 1. The molecule has 2 rings (SSSR count). The highest BCUT2D eigenvalue weighted by molar-refractivity contribution is 7.89. The van der Waals surface area contributed by atoms with Crippen LogP contribution in [-0.4, -0.2) is 58.8 Å². The van der Waals surface area contributed by atoms with Crippen LogP contribution >= 0.6 is 0 Å². The number of carbonyl (C=O) groups is 1. The van der Waals surface area contributed by atoms with Crippen molar-refractivity contribution in [3.63, 3.8) is 0 Å². The van der Waals surface area contributed by atoms with Crippen molar-refractivity contribution < 1.29 is 13.2 Å². The molecule has 0 radical (unpaired) electrons. The first-order valence-electron chi connectivity index (χ1n) is 9.27. The first-order chi connectivity index (χ1) is 12.0. The van der Waals surface area contributed by atoms with Crippen LogP contribution in [0.25, 0.3) is 0 Å². The second kappa shape index (κ2) is 9.96. The van der Waals surface area contributed by atoms with E-state index in [4.69, 9.17) is 0 Å². The van der Waals surface area contributed by atoms with Crippen LogP contribution in [0.3, 0.4) is 0 Å². The molecule has 0 aromatic carbocycles. The molecule has 0 heterocycles. The van der Waals surface area contributed by atoms with Gasteiger partial charge in [0.15, 0.2) is 5.96 Å². The minimum Gasteiger partial charge on any atom is -0.357 e. The topological polar surface area (TPSA) is 112 Å². The SMILES string of the molecule is CCNC(=NCCS(=O)(=O)NCC1CCC1)NCCNC(=O)C1CC1. The highest BCUT2D eigenvalue weighted by Crippen LogP contribution is 2.28. The summed E-state index contributed by atoms with van der Waals surface area (Å²) in [5.41, 5.74) is 0. The van der Waals surface area contributed by atoms with Crippen LogP contribution in [-0.2, 0) is 14.8 Å². The van der Waals surface area contributed by atoms with Crippen molar-refractivity contribution in [3.05, 3.63) is 0 Å². The van der Waals surface area contributed by atoms with Gasteiger partial charge < -0.3 is 16.0 Å². The van der Waals surface area contributed by atoms with Gasteiger partial charge in [-0.1, -0.05) is 6.42 Å². The molecule has 9 heteroatoms. The lowest BCUT2D eigenvalue weighted by Gasteiger charge is -2.25. The molecular weight excluding hydrogens is 342 g/mol. The van der Waals surface area contributed by atoms with E-state index in [9.17, 15) is 13.2 Å². The first kappa shape index (κ1) is 20.0. The Labute approximate surface area is 150 Å². The minimum absolute atomic E-state index is 0.0191. The van der Waals surface area contributed by atoms with Crippen LogP contribution < -0.4 is 20.7 Å². The van der Waals surface area contributed by atoms with Gasteiger partial charge in [0.25, 0.3) is 0 Å². The molecule has 2 saturated carbocycles. The van der Waals surface area contributed by atoms with Gasteiger partial charge in [-0.05, 0) is 38.5 Å². The summed E-state index contributed by atoms with van der Waals surface area (Å²) in [5, 5.41) is 9.04. The quantitative estimate of drug-likeness (QED) is 0.227. The van der Waals surface area contributed by atoms with Crippen LogP contribution in [0.2, 0.25) is 0 Å². The van der Waals surface area contributed by atoms with Gasteiger partial charge in [-0.3, -0.25) is 9.79 Å². The summed E-state index contributed by atoms with van der Waals surface area (Å²) >= 11 is 0. The molecule has 2 fully saturated rings. The number of hydrogen-bond donors (Lipinski definition) is 4. The predicted molar refractivity (Wildman–Crippen MR) is 98.8 cm³/mol. The number of aliphatic imine (C=N–C) groups is 1. The van der Waals surface area contributed by atoms with Crippen LogP contribution in [0.4, 0.5) is 0 Å². The summed E-state index contributed by atoms with van der Waals surface area (Å²) in [6.07, 6.45) is 5.42. The van der Waals surface area contributed by atoms with Crippen molar-refractivity contribution in [1.82, 2.24) is 20.7 Å². The van der Waals surface area contributed by atoms with E-state index in [2.05, 4.69) is 25.7 Å². The number of sulfonamides is 1. The van der Waals surface area contributed by atoms with Crippen LogP contribution in [0.15, 0.2) is 4.99 Å². The zero-order chi connectivity index (χ0) is 18.1. The van der Waals surface area contributed by atoms with Crippen LogP contribution in [0.1, 0.15) is 39.0 Å². The van der Waals surface area contributed by atoms with E-state index in [1.807, 2.05) is 6.92 Å². The average Bonchev–Trinajstić information content (AvgIpc) is 3.34. The Hall–Kier alpha value is -1.35. The van der Waals surface area contributed by atoms with Gasteiger partial charge >= 0.3 is 0 Å². The zero-order valence-corrected chi connectivity index (χ0v) is 15.8. The molecule has 2 aliphatic rings. The summed E-state index contributed by atoms with van der Waals surface area (Å²) in [4.78, 5) is 15.8. The molecule has 2 aliphatic carbocycles. The van der Waals surface area contributed by atoms with Gasteiger partial charge in [0.05, 0.1) is 12.3 Å². The highest BCUT2D eigenvalue weighted by atomic mass is 32.2. The standard InChI is InChI=1S/C16H31N5O3S/c1-2-17-16(19-9-8-18-15(22)14-6-7-14)20-10-11-25(23,24)21-12-13-4-3-5-13/h13-14,21H,2-12H2,1H3,(H,18,22)(H2,17,19,20). The van der Waals surface area contributed by atoms with E-state index < -0.39 is 10.0 Å². The van der Waals surface area contributed by atoms with Crippen molar-refractivity contribution in [2.24, 2.45) is 16.8 Å². The van der Waals surface area contributed by atoms with E-state index in [1.54, 1.807) is 0 Å². The predicted octanol–water partition coefficient (Wildman–Crippen LogP) is -0.213. The molecule has 1 amide bonds. The van der Waals surface area contributed by atoms with Crippen molar-refractivity contribution in [2.75, 3.05) is 38.5 Å². The van der Waals surface area contributed by atoms with Crippen molar-refractivity contribution in [1.29, 1.82) is 0 Å². The Morgan fingerprint density at radius 1 is 1.08 bits per heavy atom. The zero-order valence-electron chi connectivity index (χ0n) is 15.0. The van der Waals surface area contributed by atoms with E-state index in [0.717, 1.165) is 25.7 Å². The lowest BCUT2D eigenvalue weighted by atomic mass is 9.86. The fraction of sp³-hybridized carbons (Fsp3) is 0.875. The molecule has 0 atom stereocenters. The van der Waals surface area contributed by atoms with E-state index >= 15 is 0 Å². The Morgan fingerprint density at radius 2 is 1.80 bits per heavy atom. The molecule has 0 aromatic heterocycles. The number of guanidine groups is 1. The molecule has 0 aliphatic heterocycles. The molecule has 0 unspecified atom stereocenters. The molecule has 4 N–H and O–H groups in total. The molecule has 25 heavy (non-hydrogen) atoms. The molecule has 144 valence electrons. The smallest absolute Gasteiger partial charge is 0.223 e. The van der Waals surface area contributed by atoms with E-state index in [0.29, 0.717) is 38.1 Å². The number of hydrogen-bond acceptors (Lipinski definition) is 4. The summed E-state index contributed by atoms with van der Waals surface area (Å²) in [7, 11) is -3.27. The third-order valence-corrected chi connectivity index (χ3v) is 5.78. The molecule has 0 saturated heterocycles. The van der Waals surface area contributed by atoms with Gasteiger partial charge in [0, 0.05) is 32.1 Å². The Kier molecular flexibility index (Phi) is 7.95. The number of rotatable bonds is 11. The summed E-state index contributed by atoms with van der Waals surface area (Å²) < 4.78 is 26.6. The number of carbonyl (C=O) groups excluding carboxylic acids is 1. The maximum atomic E-state index is 12.0. The molecule has 0 spiro atoms. The Bertz CT molecular complexity index is 556. The second-order valence-corrected chi connectivity index (χ2v) is 8.64. The van der Waals surface area contributed by atoms with Gasteiger partial charge in [-0.25, -0.2) is 13.1 Å². The molecular formula is C16H31N5O3S. The van der Waals surface area contributed by atoms with Crippen LogP contribution in [0.5, 0.6) is 0 Å². The molecule has 8 nitrogen and oxygen atoms in total. The Balaban J connectivity index is 1.63. The second-order valence-electron chi connectivity index (χ2n) is 6.72. The summed E-state index contributed by atoms with van der Waals surface area (Å²) in [5.74, 6) is 1.38. The van der Waals surface area contributed by atoms with Crippen molar-refractivity contribution in [3.8, 4) is 0 Å². The largest absolute Gasteiger partial charge is 0.357 e. The van der Waals surface area contributed by atoms with Gasteiger partial charge in [0.2, 0.25) is 15.9 Å². The maximum absolute atomic E-state index is 12.0. The Morgan fingerprint density at radius 3 is 2.40 bits per heavy atom.